The van der Waals surface area contributed by atoms with Crippen molar-refractivity contribution in [2.75, 3.05) is 19.8 Å². The molecule has 6 nitrogen and oxygen atoms in total. The zero-order valence-electron chi connectivity index (χ0n) is 12.7. The highest BCUT2D eigenvalue weighted by molar-refractivity contribution is 5.87. The summed E-state index contributed by atoms with van der Waals surface area (Å²) in [6, 6.07) is 6.44. The summed E-state index contributed by atoms with van der Waals surface area (Å²) in [5.41, 5.74) is 1.22. The van der Waals surface area contributed by atoms with Gasteiger partial charge in [-0.1, -0.05) is 19.1 Å². The van der Waals surface area contributed by atoms with Crippen LogP contribution in [0.5, 0.6) is 0 Å². The van der Waals surface area contributed by atoms with E-state index in [0.29, 0.717) is 13.2 Å². The zero-order valence-corrected chi connectivity index (χ0v) is 12.7. The Hall–Kier alpha value is -1.47. The molecule has 1 saturated heterocycles. The van der Waals surface area contributed by atoms with Crippen LogP contribution in [0.1, 0.15) is 29.3 Å². The van der Waals surface area contributed by atoms with Crippen LogP contribution >= 0.6 is 0 Å². The fourth-order valence-corrected chi connectivity index (χ4v) is 2.72. The van der Waals surface area contributed by atoms with E-state index < -0.39 is 18.2 Å². The van der Waals surface area contributed by atoms with Crippen LogP contribution in [-0.4, -0.2) is 64.2 Å². The van der Waals surface area contributed by atoms with Crippen LogP contribution in [0.2, 0.25) is 0 Å². The standard InChI is InChI=1S/C16H23NO5/c1-2-7-17(13-9-22-10-14(18)15(13)19)8-11-3-5-12(6-4-11)16(20)21/h3-6,13-15,18-19H,2,7-10H2,1H3,(H,20,21)/t13-,14-,15+/m1/s1. The van der Waals surface area contributed by atoms with Crippen LogP contribution in [0.15, 0.2) is 24.3 Å². The Balaban J connectivity index is 2.09. The third kappa shape index (κ3) is 4.04. The van der Waals surface area contributed by atoms with Crippen molar-refractivity contribution in [3.63, 3.8) is 0 Å². The maximum atomic E-state index is 10.9. The minimum Gasteiger partial charge on any atom is -0.478 e. The summed E-state index contributed by atoms with van der Waals surface area (Å²) in [5, 5.41) is 28.9. The number of carboxylic acids is 1. The monoisotopic (exact) mass is 309 g/mol. The largest absolute Gasteiger partial charge is 0.478 e. The SMILES string of the molecule is CCCN(Cc1ccc(C(=O)O)cc1)[C@@H]1COC[C@@H](O)[C@H]1O. The van der Waals surface area contributed by atoms with Crippen molar-refractivity contribution in [3.05, 3.63) is 35.4 Å². The average molecular weight is 309 g/mol. The highest BCUT2D eigenvalue weighted by Gasteiger charge is 2.35. The summed E-state index contributed by atoms with van der Waals surface area (Å²) >= 11 is 0. The van der Waals surface area contributed by atoms with E-state index in [1.807, 2.05) is 6.92 Å². The Bertz CT molecular complexity index is 490. The van der Waals surface area contributed by atoms with Crippen LogP contribution in [-0.2, 0) is 11.3 Å². The number of carboxylic acid groups (broad SMARTS) is 1. The van der Waals surface area contributed by atoms with Crippen molar-refractivity contribution >= 4 is 5.97 Å². The summed E-state index contributed by atoms with van der Waals surface area (Å²) < 4.78 is 5.35. The number of carbonyl (C=O) groups is 1. The second-order valence-electron chi connectivity index (χ2n) is 5.64. The number of hydrogen-bond acceptors (Lipinski definition) is 5. The van der Waals surface area contributed by atoms with E-state index in [-0.39, 0.29) is 18.2 Å². The van der Waals surface area contributed by atoms with E-state index >= 15 is 0 Å². The van der Waals surface area contributed by atoms with Crippen molar-refractivity contribution in [2.45, 2.75) is 38.1 Å². The lowest BCUT2D eigenvalue weighted by Gasteiger charge is -2.39. The molecule has 2 rings (SSSR count). The Labute approximate surface area is 129 Å². The van der Waals surface area contributed by atoms with Gasteiger partial charge in [-0.2, -0.15) is 0 Å². The predicted molar refractivity (Wildman–Crippen MR) is 80.7 cm³/mol. The first-order valence-electron chi connectivity index (χ1n) is 7.53. The number of benzene rings is 1. The summed E-state index contributed by atoms with van der Waals surface area (Å²) in [5.74, 6) is -0.948. The van der Waals surface area contributed by atoms with Gasteiger partial charge in [0, 0.05) is 6.54 Å². The molecule has 1 fully saturated rings. The third-order valence-electron chi connectivity index (χ3n) is 3.93. The maximum absolute atomic E-state index is 10.9. The number of nitrogens with zero attached hydrogens (tertiary/aromatic N) is 1. The van der Waals surface area contributed by atoms with Gasteiger partial charge in [0.1, 0.15) is 6.10 Å². The molecule has 0 aliphatic carbocycles. The van der Waals surface area contributed by atoms with Gasteiger partial charge >= 0.3 is 5.97 Å². The number of ether oxygens (including phenoxy) is 1. The quantitative estimate of drug-likeness (QED) is 0.717. The van der Waals surface area contributed by atoms with Gasteiger partial charge in [0.2, 0.25) is 0 Å². The fourth-order valence-electron chi connectivity index (χ4n) is 2.72. The van der Waals surface area contributed by atoms with Gasteiger partial charge in [-0.05, 0) is 30.7 Å². The second-order valence-corrected chi connectivity index (χ2v) is 5.64. The second kappa shape index (κ2) is 7.69. The lowest BCUT2D eigenvalue weighted by molar-refractivity contribution is -0.134. The van der Waals surface area contributed by atoms with E-state index in [0.717, 1.165) is 18.5 Å². The first-order valence-corrected chi connectivity index (χ1v) is 7.53. The van der Waals surface area contributed by atoms with Crippen LogP contribution in [0.25, 0.3) is 0 Å². The Morgan fingerprint density at radius 1 is 1.27 bits per heavy atom. The minimum atomic E-state index is -0.948. The molecular weight excluding hydrogens is 286 g/mol. The van der Waals surface area contributed by atoms with E-state index in [1.54, 1.807) is 24.3 Å². The molecule has 122 valence electrons. The Morgan fingerprint density at radius 2 is 1.95 bits per heavy atom. The first-order chi connectivity index (χ1) is 10.5. The fraction of sp³-hybridized carbons (Fsp3) is 0.562. The number of hydrogen-bond donors (Lipinski definition) is 3. The summed E-state index contributed by atoms with van der Waals surface area (Å²) in [6.07, 6.45) is -0.793. The van der Waals surface area contributed by atoms with Crippen molar-refractivity contribution in [1.82, 2.24) is 4.90 Å². The van der Waals surface area contributed by atoms with Crippen molar-refractivity contribution in [2.24, 2.45) is 0 Å². The molecule has 1 aromatic rings. The maximum Gasteiger partial charge on any atom is 0.335 e. The van der Waals surface area contributed by atoms with Gasteiger partial charge in [0.15, 0.2) is 0 Å². The van der Waals surface area contributed by atoms with Crippen molar-refractivity contribution in [1.29, 1.82) is 0 Å². The Kier molecular flexibility index (Phi) is 5.90. The number of aliphatic hydroxyl groups excluding tert-OH is 2. The molecule has 6 heteroatoms. The molecule has 0 bridgehead atoms. The normalized spacial score (nSPS) is 25.4. The molecule has 1 aliphatic heterocycles. The highest BCUT2D eigenvalue weighted by atomic mass is 16.5. The molecular formula is C16H23NO5. The topological polar surface area (TPSA) is 90.2 Å². The van der Waals surface area contributed by atoms with E-state index in [9.17, 15) is 15.0 Å². The first kappa shape index (κ1) is 16.9. The zero-order chi connectivity index (χ0) is 16.1. The molecule has 0 aromatic heterocycles. The van der Waals surface area contributed by atoms with Gasteiger partial charge in [0.05, 0.1) is 30.9 Å². The number of aliphatic hydroxyl groups is 2. The lowest BCUT2D eigenvalue weighted by atomic mass is 10.0. The highest BCUT2D eigenvalue weighted by Crippen LogP contribution is 2.18. The molecule has 1 heterocycles. The summed E-state index contributed by atoms with van der Waals surface area (Å²) in [4.78, 5) is 12.9. The van der Waals surface area contributed by atoms with Gasteiger partial charge in [-0.15, -0.1) is 0 Å². The van der Waals surface area contributed by atoms with Crippen LogP contribution in [0, 0.1) is 0 Å². The van der Waals surface area contributed by atoms with Crippen molar-refractivity contribution < 1.29 is 24.9 Å². The van der Waals surface area contributed by atoms with Crippen LogP contribution in [0.4, 0.5) is 0 Å². The lowest BCUT2D eigenvalue weighted by Crippen LogP contribution is -2.55. The van der Waals surface area contributed by atoms with E-state index in [4.69, 9.17) is 9.84 Å². The van der Waals surface area contributed by atoms with E-state index in [2.05, 4.69) is 4.90 Å². The number of rotatable bonds is 6. The molecule has 0 saturated carbocycles. The third-order valence-corrected chi connectivity index (χ3v) is 3.93. The Morgan fingerprint density at radius 3 is 2.55 bits per heavy atom. The molecule has 1 aliphatic rings. The van der Waals surface area contributed by atoms with Gasteiger partial charge in [-0.3, -0.25) is 4.90 Å². The van der Waals surface area contributed by atoms with Gasteiger partial charge < -0.3 is 20.1 Å². The van der Waals surface area contributed by atoms with E-state index in [1.165, 1.54) is 0 Å². The molecule has 0 amide bonds. The molecule has 1 aromatic carbocycles. The molecule has 0 radical (unpaired) electrons. The minimum absolute atomic E-state index is 0.158. The number of aromatic carboxylic acids is 1. The van der Waals surface area contributed by atoms with Crippen LogP contribution < -0.4 is 0 Å². The smallest absolute Gasteiger partial charge is 0.335 e. The molecule has 3 N–H and O–H groups in total. The van der Waals surface area contributed by atoms with Gasteiger partial charge in [-0.25, -0.2) is 4.79 Å². The van der Waals surface area contributed by atoms with Crippen molar-refractivity contribution in [3.8, 4) is 0 Å². The van der Waals surface area contributed by atoms with Crippen LogP contribution in [0.3, 0.4) is 0 Å². The average Bonchev–Trinajstić information content (AvgIpc) is 2.50. The summed E-state index contributed by atoms with van der Waals surface area (Å²) in [7, 11) is 0. The molecule has 22 heavy (non-hydrogen) atoms. The molecule has 0 spiro atoms. The predicted octanol–water partition coefficient (Wildman–Crippen LogP) is 0.717. The van der Waals surface area contributed by atoms with Gasteiger partial charge in [0.25, 0.3) is 0 Å². The summed E-state index contributed by atoms with van der Waals surface area (Å²) in [6.45, 7) is 3.92. The molecule has 0 unspecified atom stereocenters. The molecule has 3 atom stereocenters.